The maximum atomic E-state index is 12.6. The first-order valence-electron chi connectivity index (χ1n) is 8.49. The number of piperazine rings is 1. The molecule has 0 saturated carbocycles. The summed E-state index contributed by atoms with van der Waals surface area (Å²) in [6.07, 6.45) is 3.82. The summed E-state index contributed by atoms with van der Waals surface area (Å²) in [7, 11) is -3.56. The highest BCUT2D eigenvalue weighted by molar-refractivity contribution is 7.89. The van der Waals surface area contributed by atoms with Crippen LogP contribution in [0.2, 0.25) is 0 Å². The molecule has 140 valence electrons. The number of carbonyl (C=O) groups is 1. The number of carbonyl (C=O) groups excluding carboxylic acids is 1. The van der Waals surface area contributed by atoms with Gasteiger partial charge in [0.15, 0.2) is 0 Å². The van der Waals surface area contributed by atoms with Gasteiger partial charge in [-0.2, -0.15) is 4.31 Å². The second kappa shape index (κ2) is 7.55. The topological polar surface area (TPSA) is 96.6 Å². The zero-order valence-electron chi connectivity index (χ0n) is 14.9. The maximum absolute atomic E-state index is 12.6. The molecular weight excluding hydrogens is 356 g/mol. The van der Waals surface area contributed by atoms with Crippen LogP contribution >= 0.6 is 0 Å². The number of sulfonamides is 1. The van der Waals surface area contributed by atoms with Crippen molar-refractivity contribution in [1.29, 1.82) is 0 Å². The second-order valence-corrected chi connectivity index (χ2v) is 8.21. The van der Waals surface area contributed by atoms with E-state index in [1.807, 2.05) is 13.8 Å². The summed E-state index contributed by atoms with van der Waals surface area (Å²) in [6, 6.07) is 3.13. The Hall–Kier alpha value is -2.26. The van der Waals surface area contributed by atoms with Gasteiger partial charge in [0.1, 0.15) is 10.7 Å². The summed E-state index contributed by atoms with van der Waals surface area (Å²) in [4.78, 5) is 18.2. The fraction of sp³-hybridized carbons (Fsp3) is 0.471. The van der Waals surface area contributed by atoms with E-state index in [2.05, 4.69) is 10.1 Å². The summed E-state index contributed by atoms with van der Waals surface area (Å²) in [6.45, 7) is 5.04. The predicted molar refractivity (Wildman–Crippen MR) is 93.9 cm³/mol. The van der Waals surface area contributed by atoms with Gasteiger partial charge in [0.25, 0.3) is 0 Å². The highest BCUT2D eigenvalue weighted by Gasteiger charge is 2.30. The number of hydrogen-bond acceptors (Lipinski definition) is 6. The van der Waals surface area contributed by atoms with Crippen molar-refractivity contribution in [2.75, 3.05) is 26.2 Å². The quantitative estimate of drug-likeness (QED) is 0.774. The highest BCUT2D eigenvalue weighted by Crippen LogP contribution is 2.18. The van der Waals surface area contributed by atoms with Gasteiger partial charge in [-0.05, 0) is 32.4 Å². The lowest BCUT2D eigenvalue weighted by Crippen LogP contribution is -2.50. The minimum atomic E-state index is -3.56. The van der Waals surface area contributed by atoms with Crippen molar-refractivity contribution in [3.05, 3.63) is 41.5 Å². The minimum absolute atomic E-state index is 0.0171. The van der Waals surface area contributed by atoms with Crippen LogP contribution in [0, 0.1) is 13.8 Å². The molecular formula is C17H22N4O4S. The average molecular weight is 378 g/mol. The van der Waals surface area contributed by atoms with E-state index < -0.39 is 10.0 Å². The summed E-state index contributed by atoms with van der Waals surface area (Å²) < 4.78 is 31.7. The van der Waals surface area contributed by atoms with Crippen molar-refractivity contribution in [3.8, 4) is 0 Å². The van der Waals surface area contributed by atoms with Crippen LogP contribution in [0.3, 0.4) is 0 Å². The van der Waals surface area contributed by atoms with Crippen molar-refractivity contribution < 1.29 is 17.7 Å². The van der Waals surface area contributed by atoms with E-state index in [9.17, 15) is 13.2 Å². The van der Waals surface area contributed by atoms with Crippen molar-refractivity contribution in [1.82, 2.24) is 19.3 Å². The zero-order valence-corrected chi connectivity index (χ0v) is 15.7. The van der Waals surface area contributed by atoms with E-state index in [4.69, 9.17) is 4.52 Å². The molecule has 0 radical (unpaired) electrons. The minimum Gasteiger partial charge on any atom is -0.361 e. The van der Waals surface area contributed by atoms with E-state index in [1.165, 1.54) is 22.8 Å². The van der Waals surface area contributed by atoms with Gasteiger partial charge in [-0.25, -0.2) is 8.42 Å². The fourth-order valence-electron chi connectivity index (χ4n) is 3.08. The Morgan fingerprint density at radius 3 is 2.54 bits per heavy atom. The van der Waals surface area contributed by atoms with E-state index in [-0.39, 0.29) is 23.9 Å². The normalized spacial score (nSPS) is 16.0. The Kier molecular flexibility index (Phi) is 5.38. The number of hydrogen-bond donors (Lipinski definition) is 0. The third kappa shape index (κ3) is 3.78. The third-order valence-electron chi connectivity index (χ3n) is 4.63. The molecule has 3 rings (SSSR count). The molecule has 0 bridgehead atoms. The molecule has 2 aromatic rings. The lowest BCUT2D eigenvalue weighted by molar-refractivity contribution is -0.132. The standard InChI is InChI=1S/C17H22N4O4S/c1-13-16(14(2)25-19-13)5-6-17(22)20-8-10-21(11-9-20)26(23,24)15-4-3-7-18-12-15/h3-4,7,12H,5-6,8-11H2,1-2H3. The third-order valence-corrected chi connectivity index (χ3v) is 6.52. The summed E-state index contributed by atoms with van der Waals surface area (Å²) in [5.74, 6) is 0.756. The number of aromatic nitrogens is 2. The van der Waals surface area contributed by atoms with Gasteiger partial charge in [0.05, 0.1) is 5.69 Å². The van der Waals surface area contributed by atoms with Gasteiger partial charge >= 0.3 is 0 Å². The highest BCUT2D eigenvalue weighted by atomic mass is 32.2. The van der Waals surface area contributed by atoms with Crippen LogP contribution in [0.5, 0.6) is 0 Å². The predicted octanol–water partition coefficient (Wildman–Crippen LogP) is 1.15. The van der Waals surface area contributed by atoms with E-state index in [0.29, 0.717) is 25.9 Å². The molecule has 1 fully saturated rings. The molecule has 3 heterocycles. The van der Waals surface area contributed by atoms with Crippen LogP contribution < -0.4 is 0 Å². The monoisotopic (exact) mass is 378 g/mol. The van der Waals surface area contributed by atoms with Crippen LogP contribution in [0.15, 0.2) is 33.9 Å². The number of aryl methyl sites for hydroxylation is 2. The molecule has 0 aromatic carbocycles. The molecule has 1 amide bonds. The van der Waals surface area contributed by atoms with Gasteiger partial charge in [-0.1, -0.05) is 5.16 Å². The number of amides is 1. The summed E-state index contributed by atoms with van der Waals surface area (Å²) in [5.41, 5.74) is 1.78. The van der Waals surface area contributed by atoms with Crippen LogP contribution in [0.25, 0.3) is 0 Å². The molecule has 0 N–H and O–H groups in total. The van der Waals surface area contributed by atoms with Gasteiger partial charge < -0.3 is 9.42 Å². The van der Waals surface area contributed by atoms with Crippen molar-refractivity contribution in [2.24, 2.45) is 0 Å². The molecule has 1 aliphatic heterocycles. The van der Waals surface area contributed by atoms with E-state index >= 15 is 0 Å². The van der Waals surface area contributed by atoms with Gasteiger partial charge in [0, 0.05) is 50.6 Å². The first kappa shape index (κ1) is 18.5. The van der Waals surface area contributed by atoms with Crippen LogP contribution in [0.1, 0.15) is 23.4 Å². The van der Waals surface area contributed by atoms with Gasteiger partial charge in [0.2, 0.25) is 15.9 Å². The van der Waals surface area contributed by atoms with Crippen molar-refractivity contribution >= 4 is 15.9 Å². The average Bonchev–Trinajstić information content (AvgIpc) is 2.98. The largest absolute Gasteiger partial charge is 0.361 e. The SMILES string of the molecule is Cc1noc(C)c1CCC(=O)N1CCN(S(=O)(=O)c2cccnc2)CC1. The van der Waals surface area contributed by atoms with E-state index in [1.54, 1.807) is 11.0 Å². The number of nitrogens with zero attached hydrogens (tertiary/aromatic N) is 4. The molecule has 8 nitrogen and oxygen atoms in total. The molecule has 1 saturated heterocycles. The molecule has 9 heteroatoms. The first-order valence-corrected chi connectivity index (χ1v) is 9.93. The van der Waals surface area contributed by atoms with Crippen LogP contribution in [-0.2, 0) is 21.2 Å². The first-order chi connectivity index (χ1) is 12.4. The van der Waals surface area contributed by atoms with Crippen LogP contribution in [0.4, 0.5) is 0 Å². The maximum Gasteiger partial charge on any atom is 0.244 e. The van der Waals surface area contributed by atoms with Gasteiger partial charge in [-0.3, -0.25) is 9.78 Å². The lowest BCUT2D eigenvalue weighted by Gasteiger charge is -2.34. The Balaban J connectivity index is 1.56. The van der Waals surface area contributed by atoms with E-state index in [0.717, 1.165) is 17.0 Å². The molecule has 26 heavy (non-hydrogen) atoms. The van der Waals surface area contributed by atoms with Crippen LogP contribution in [-0.4, -0.2) is 59.8 Å². The second-order valence-electron chi connectivity index (χ2n) is 6.28. The molecule has 0 unspecified atom stereocenters. The molecule has 0 aliphatic carbocycles. The Morgan fingerprint density at radius 1 is 1.23 bits per heavy atom. The van der Waals surface area contributed by atoms with Crippen molar-refractivity contribution in [2.45, 2.75) is 31.6 Å². The smallest absolute Gasteiger partial charge is 0.244 e. The van der Waals surface area contributed by atoms with Gasteiger partial charge in [-0.15, -0.1) is 0 Å². The molecule has 0 spiro atoms. The summed E-state index contributed by atoms with van der Waals surface area (Å²) in [5, 5.41) is 3.89. The lowest BCUT2D eigenvalue weighted by atomic mass is 10.1. The van der Waals surface area contributed by atoms with Crippen molar-refractivity contribution in [3.63, 3.8) is 0 Å². The molecule has 1 aliphatic rings. The number of rotatable bonds is 5. The molecule has 0 atom stereocenters. The number of pyridine rings is 1. The molecule has 2 aromatic heterocycles. The Morgan fingerprint density at radius 2 is 1.96 bits per heavy atom. The zero-order chi connectivity index (χ0) is 18.7. The Bertz CT molecular complexity index is 852. The Labute approximate surface area is 152 Å². The summed E-state index contributed by atoms with van der Waals surface area (Å²) >= 11 is 0. The fourth-order valence-corrected chi connectivity index (χ4v) is 4.46.